The second-order valence-corrected chi connectivity index (χ2v) is 19.8. The van der Waals surface area contributed by atoms with E-state index in [0.717, 1.165) is 34.1 Å². The summed E-state index contributed by atoms with van der Waals surface area (Å²) in [4.78, 5) is 4.65. The smallest absolute Gasteiger partial charge is 0.0887 e. The fraction of sp³-hybridized carbons (Fsp3) is 0.294. The molecule has 1 heterocycles. The minimum absolute atomic E-state index is 0.0429. The molecule has 0 saturated carbocycles. The molecule has 1 aliphatic rings. The third-order valence-corrected chi connectivity index (χ3v) is 13.0. The summed E-state index contributed by atoms with van der Waals surface area (Å²) in [5.74, 6) is 0. The number of anilines is 6. The molecule has 0 aliphatic heterocycles. The Hall–Kier alpha value is -4.57. The maximum Gasteiger partial charge on any atom is 0.0887 e. The molecule has 6 aromatic carbocycles. The quantitative estimate of drug-likeness (QED) is 0.167. The van der Waals surface area contributed by atoms with E-state index < -0.39 is 0 Å². The minimum Gasteiger partial charge on any atom is -0.309 e. The number of aryl methyl sites for hydroxylation is 2. The molecule has 8 rings (SSSR count). The molecule has 0 bridgehead atoms. The Morgan fingerprint density at radius 3 is 1.42 bits per heavy atom. The van der Waals surface area contributed by atoms with Crippen LogP contribution in [0.15, 0.2) is 121 Å². The van der Waals surface area contributed by atoms with E-state index in [1.165, 1.54) is 61.7 Å². The van der Waals surface area contributed by atoms with Crippen LogP contribution in [-0.4, -0.2) is 0 Å². The van der Waals surface area contributed by atoms with E-state index in [2.05, 4.69) is 193 Å². The highest BCUT2D eigenvalue weighted by Crippen LogP contribution is 2.49. The average molecular weight is 762 g/mol. The molecule has 0 unspecified atom stereocenters. The Bertz CT molecular complexity index is 2450. The van der Waals surface area contributed by atoms with Crippen LogP contribution in [0, 0.1) is 0 Å². The summed E-state index contributed by atoms with van der Waals surface area (Å²) in [6, 6.07) is 45.1. The minimum atomic E-state index is 0.0429. The van der Waals surface area contributed by atoms with Crippen molar-refractivity contribution in [1.82, 2.24) is 0 Å². The highest BCUT2D eigenvalue weighted by molar-refractivity contribution is 7.26. The lowest BCUT2D eigenvalue weighted by Gasteiger charge is -2.32. The lowest BCUT2D eigenvalue weighted by atomic mass is 9.86. The van der Waals surface area contributed by atoms with E-state index in [1.54, 1.807) is 5.56 Å². The predicted octanol–water partition coefficient (Wildman–Crippen LogP) is 16.0. The lowest BCUT2D eigenvalue weighted by molar-refractivity contribution is 0.590. The molecule has 55 heavy (non-hydrogen) atoms. The van der Waals surface area contributed by atoms with Crippen molar-refractivity contribution in [2.24, 2.45) is 0 Å². The zero-order valence-electron chi connectivity index (χ0n) is 33.8. The molecule has 1 aliphatic carbocycles. The van der Waals surface area contributed by atoms with Crippen molar-refractivity contribution in [1.29, 1.82) is 0 Å². The zero-order valence-corrected chi connectivity index (χ0v) is 35.4. The van der Waals surface area contributed by atoms with Crippen LogP contribution in [0.4, 0.5) is 34.1 Å². The van der Waals surface area contributed by atoms with Gasteiger partial charge in [-0.1, -0.05) is 129 Å². The number of hydrogen-bond acceptors (Lipinski definition) is 3. The second-order valence-electron chi connectivity index (χ2n) is 18.4. The van der Waals surface area contributed by atoms with E-state index in [9.17, 15) is 0 Å². The van der Waals surface area contributed by atoms with Gasteiger partial charge in [0.25, 0.3) is 0 Å². The molecule has 7 aromatic rings. The molecule has 2 nitrogen and oxygen atoms in total. The van der Waals surface area contributed by atoms with Gasteiger partial charge in [0.15, 0.2) is 0 Å². The summed E-state index contributed by atoms with van der Waals surface area (Å²) < 4.78 is 2.78. The first-order valence-electron chi connectivity index (χ1n) is 19.8. The molecule has 0 radical (unpaired) electrons. The Kier molecular flexibility index (Phi) is 9.42. The summed E-state index contributed by atoms with van der Waals surface area (Å²) in [6.07, 6.45) is 3.62. The predicted molar refractivity (Wildman–Crippen MR) is 242 cm³/mol. The number of fused-ring (bicyclic) bond motifs is 5. The highest BCUT2D eigenvalue weighted by atomic mass is 35.5. The Morgan fingerprint density at radius 2 is 0.945 bits per heavy atom. The van der Waals surface area contributed by atoms with Crippen molar-refractivity contribution in [2.45, 2.75) is 97.8 Å². The van der Waals surface area contributed by atoms with Gasteiger partial charge in [-0.2, -0.15) is 0 Å². The number of nitrogens with zero attached hydrogens (tertiary/aromatic N) is 2. The first-order valence-corrected chi connectivity index (χ1v) is 20.9. The number of halogens is 1. The summed E-state index contributed by atoms with van der Waals surface area (Å²) in [5.41, 5.74) is 13.3. The van der Waals surface area contributed by atoms with Crippen LogP contribution in [-0.2, 0) is 29.1 Å². The largest absolute Gasteiger partial charge is 0.309 e. The molecular weight excluding hydrogens is 708 g/mol. The van der Waals surface area contributed by atoms with Crippen molar-refractivity contribution in [2.75, 3.05) is 9.80 Å². The van der Waals surface area contributed by atoms with Gasteiger partial charge in [-0.15, -0.1) is 11.3 Å². The standard InChI is InChI=1S/C51H53ClN2S/c1-49(2,3)34-17-23-37(24-18-34)53(38-25-19-35(20-26-38)50(4,5)6)44-14-11-15-45(47(44)52)54(39-27-21-36(22-28-39)51(7,8)9)40-29-31-46-43(32-40)42-30-16-33-12-10-13-41(33)48(42)55-46/h11,14-32H,10,12-13H2,1-9H3. The summed E-state index contributed by atoms with van der Waals surface area (Å²) in [7, 11) is 0. The van der Waals surface area contributed by atoms with E-state index in [4.69, 9.17) is 11.6 Å². The van der Waals surface area contributed by atoms with E-state index >= 15 is 0 Å². The molecule has 0 N–H and O–H groups in total. The van der Waals surface area contributed by atoms with Gasteiger partial charge >= 0.3 is 0 Å². The van der Waals surface area contributed by atoms with E-state index in [1.807, 2.05) is 11.3 Å². The Labute approximate surface area is 337 Å². The van der Waals surface area contributed by atoms with Gasteiger partial charge in [-0.3, -0.25) is 0 Å². The van der Waals surface area contributed by atoms with Crippen LogP contribution in [0.2, 0.25) is 5.02 Å². The number of thiophene rings is 1. The van der Waals surface area contributed by atoms with Gasteiger partial charge < -0.3 is 9.80 Å². The second kappa shape index (κ2) is 13.9. The number of benzene rings is 6. The van der Waals surface area contributed by atoms with Crippen LogP contribution in [0.1, 0.15) is 96.6 Å². The molecule has 0 atom stereocenters. The summed E-state index contributed by atoms with van der Waals surface area (Å²) in [6.45, 7) is 20.4. The highest BCUT2D eigenvalue weighted by Gasteiger charge is 2.25. The van der Waals surface area contributed by atoms with Crippen molar-refractivity contribution in [3.63, 3.8) is 0 Å². The maximum atomic E-state index is 7.78. The molecular formula is C51H53ClN2S. The third kappa shape index (κ3) is 7.07. The van der Waals surface area contributed by atoms with Crippen LogP contribution in [0.25, 0.3) is 20.2 Å². The van der Waals surface area contributed by atoms with Gasteiger partial charge in [0, 0.05) is 42.9 Å². The van der Waals surface area contributed by atoms with E-state index in [0.29, 0.717) is 5.02 Å². The summed E-state index contributed by atoms with van der Waals surface area (Å²) in [5, 5.41) is 3.35. The van der Waals surface area contributed by atoms with Crippen molar-refractivity contribution < 1.29 is 0 Å². The molecule has 0 fully saturated rings. The molecule has 1 aromatic heterocycles. The van der Waals surface area contributed by atoms with E-state index in [-0.39, 0.29) is 16.2 Å². The molecule has 4 heteroatoms. The first kappa shape index (κ1) is 37.4. The fourth-order valence-corrected chi connectivity index (χ4v) is 9.64. The molecule has 280 valence electrons. The topological polar surface area (TPSA) is 6.48 Å². The maximum absolute atomic E-state index is 7.78. The van der Waals surface area contributed by atoms with Crippen molar-refractivity contribution in [3.05, 3.63) is 154 Å². The average Bonchev–Trinajstić information content (AvgIpc) is 3.78. The Balaban J connectivity index is 1.32. The van der Waals surface area contributed by atoms with Gasteiger partial charge in [0.1, 0.15) is 0 Å². The zero-order chi connectivity index (χ0) is 38.9. The third-order valence-electron chi connectivity index (χ3n) is 11.4. The van der Waals surface area contributed by atoms with Gasteiger partial charge in [0.2, 0.25) is 0 Å². The fourth-order valence-electron chi connectivity index (χ4n) is 8.07. The Morgan fingerprint density at radius 1 is 0.491 bits per heavy atom. The monoisotopic (exact) mass is 760 g/mol. The normalized spacial score (nSPS) is 13.4. The van der Waals surface area contributed by atoms with Crippen LogP contribution in [0.5, 0.6) is 0 Å². The molecule has 0 spiro atoms. The van der Waals surface area contributed by atoms with Gasteiger partial charge in [-0.05, 0) is 130 Å². The molecule has 0 amide bonds. The van der Waals surface area contributed by atoms with Gasteiger partial charge in [0.05, 0.1) is 16.4 Å². The number of rotatable bonds is 6. The first-order chi connectivity index (χ1) is 26.1. The van der Waals surface area contributed by atoms with Crippen molar-refractivity contribution in [3.8, 4) is 0 Å². The molecule has 0 saturated heterocycles. The SMILES string of the molecule is CC(C)(C)c1ccc(N(c2ccc(C(C)(C)C)cc2)c2cccc(N(c3ccc(C(C)(C)C)cc3)c3ccc4sc5c6c(ccc5c4c3)CCC6)c2Cl)cc1. The van der Waals surface area contributed by atoms with Crippen LogP contribution >= 0.6 is 22.9 Å². The lowest BCUT2D eigenvalue weighted by Crippen LogP contribution is -2.16. The number of hydrogen-bond donors (Lipinski definition) is 0. The summed E-state index contributed by atoms with van der Waals surface area (Å²) >= 11 is 9.73. The van der Waals surface area contributed by atoms with Crippen LogP contribution in [0.3, 0.4) is 0 Å². The van der Waals surface area contributed by atoms with Crippen molar-refractivity contribution >= 4 is 77.2 Å². The van der Waals surface area contributed by atoms with Gasteiger partial charge in [-0.25, -0.2) is 0 Å². The van der Waals surface area contributed by atoms with Crippen LogP contribution < -0.4 is 9.80 Å².